The summed E-state index contributed by atoms with van der Waals surface area (Å²) in [5.74, 6) is -1.57. The Bertz CT molecular complexity index is 1090. The van der Waals surface area contributed by atoms with E-state index in [-0.39, 0.29) is 19.5 Å². The maximum Gasteiger partial charge on any atom is 0.305 e. The first-order valence-corrected chi connectivity index (χ1v) is 11.9. The van der Waals surface area contributed by atoms with Gasteiger partial charge in [-0.15, -0.1) is 0 Å². The smallest absolute Gasteiger partial charge is 0.305 e. The first-order chi connectivity index (χ1) is 16.2. The van der Waals surface area contributed by atoms with Crippen LogP contribution in [0, 0.1) is 0 Å². The van der Waals surface area contributed by atoms with E-state index in [9.17, 15) is 24.6 Å². The predicted octanol–water partition coefficient (Wildman–Crippen LogP) is 2.01. The number of carboxylic acid groups (broad SMARTS) is 1. The average Bonchev–Trinajstić information content (AvgIpc) is 2.78. The summed E-state index contributed by atoms with van der Waals surface area (Å²) in [6, 6.07) is 11.1. The van der Waals surface area contributed by atoms with E-state index in [4.69, 9.17) is 0 Å². The average molecular weight is 597 g/mol. The molecule has 2 aromatic carbocycles. The second-order valence-electron chi connectivity index (χ2n) is 7.53. The summed E-state index contributed by atoms with van der Waals surface area (Å²) < 4.78 is 1.46. The number of aliphatic carboxylic acids is 1. The van der Waals surface area contributed by atoms with Crippen LogP contribution < -0.4 is 21.3 Å². The highest BCUT2D eigenvalue weighted by Gasteiger charge is 2.20. The van der Waals surface area contributed by atoms with E-state index in [2.05, 4.69) is 58.1 Å². The van der Waals surface area contributed by atoms with Gasteiger partial charge in [-0.3, -0.25) is 19.4 Å². The zero-order valence-corrected chi connectivity index (χ0v) is 21.0. The van der Waals surface area contributed by atoms with Crippen molar-refractivity contribution in [3.63, 3.8) is 0 Å². The van der Waals surface area contributed by atoms with Crippen LogP contribution in [0.5, 0.6) is 0 Å². The molecule has 10 nitrogen and oxygen atoms in total. The Balaban J connectivity index is 1.59. The van der Waals surface area contributed by atoms with Gasteiger partial charge in [-0.2, -0.15) is 0 Å². The minimum atomic E-state index is -1.07. The number of benzene rings is 2. The Morgan fingerprint density at radius 3 is 2.53 bits per heavy atom. The van der Waals surface area contributed by atoms with Crippen molar-refractivity contribution in [2.24, 2.45) is 4.99 Å². The van der Waals surface area contributed by atoms with Gasteiger partial charge in [0.1, 0.15) is 0 Å². The lowest BCUT2D eigenvalue weighted by Gasteiger charge is -2.20. The molecule has 3 rings (SSSR count). The number of hydrogen-bond donors (Lipinski definition) is 6. The van der Waals surface area contributed by atoms with Crippen LogP contribution in [0.15, 0.2) is 56.4 Å². The van der Waals surface area contributed by atoms with Crippen LogP contribution >= 0.6 is 31.9 Å². The highest BCUT2D eigenvalue weighted by Crippen LogP contribution is 2.26. The molecule has 0 saturated heterocycles. The van der Waals surface area contributed by atoms with E-state index in [0.717, 1.165) is 8.95 Å². The van der Waals surface area contributed by atoms with Crippen molar-refractivity contribution in [1.29, 1.82) is 0 Å². The highest BCUT2D eigenvalue weighted by atomic mass is 79.9. The van der Waals surface area contributed by atoms with Gasteiger partial charge in [0.25, 0.3) is 5.91 Å². The molecule has 0 fully saturated rings. The number of guanidine groups is 1. The van der Waals surface area contributed by atoms with Gasteiger partial charge in [-0.1, -0.05) is 37.9 Å². The number of amides is 2. The zero-order valence-electron chi connectivity index (χ0n) is 17.8. The van der Waals surface area contributed by atoms with Crippen molar-refractivity contribution < 1.29 is 24.6 Å². The van der Waals surface area contributed by atoms with Gasteiger partial charge >= 0.3 is 5.97 Å². The molecule has 0 bridgehead atoms. The quantitative estimate of drug-likeness (QED) is 0.273. The largest absolute Gasteiger partial charge is 0.481 e. The molecule has 6 N–H and O–H groups in total. The molecular weight excluding hydrogens is 574 g/mol. The summed E-state index contributed by atoms with van der Waals surface area (Å²) >= 11 is 6.71. The van der Waals surface area contributed by atoms with Crippen LogP contribution in [0.3, 0.4) is 0 Å². The van der Waals surface area contributed by atoms with Crippen molar-refractivity contribution in [3.8, 4) is 0 Å². The molecule has 180 valence electrons. The Hall–Kier alpha value is -2.96. The number of carbonyl (C=O) groups excluding carboxylic acids is 2. The predicted molar refractivity (Wildman–Crippen MR) is 134 cm³/mol. The number of hydrogen-bond acceptors (Lipinski definition) is 7. The van der Waals surface area contributed by atoms with Gasteiger partial charge in [0.15, 0.2) is 5.96 Å². The molecule has 1 aliphatic heterocycles. The molecule has 1 heterocycles. The maximum absolute atomic E-state index is 12.6. The van der Waals surface area contributed by atoms with E-state index in [1.807, 2.05) is 0 Å². The first kappa shape index (κ1) is 25.7. The fourth-order valence-corrected chi connectivity index (χ4v) is 4.53. The molecule has 2 amide bonds. The van der Waals surface area contributed by atoms with Crippen molar-refractivity contribution >= 4 is 61.3 Å². The normalized spacial score (nSPS) is 16.0. The molecule has 2 aromatic rings. The van der Waals surface area contributed by atoms with Gasteiger partial charge in [0.05, 0.1) is 31.7 Å². The molecule has 2 atom stereocenters. The van der Waals surface area contributed by atoms with Crippen LogP contribution in [0.2, 0.25) is 0 Å². The fraction of sp³-hybridized carbons (Fsp3) is 0.273. The topological polar surface area (TPSA) is 152 Å². The third-order valence-corrected chi connectivity index (χ3v) is 5.68. The second kappa shape index (κ2) is 12.0. The standard InChI is InChI=1S/C22H23Br2N5O5/c23-14-4-13(5-15(24)7-14)18(8-20(32)33)29-19(31)11-25-21(34)12-2-1-3-16(6-12)28-22-26-9-17(30)10-27-22/h1-7,17-18,30H,8-11H2,(H,25,34)(H,29,31)(H,32,33)(H2,26,27,28). The molecule has 2 unspecified atom stereocenters. The van der Waals surface area contributed by atoms with Gasteiger partial charge in [-0.25, -0.2) is 0 Å². The summed E-state index contributed by atoms with van der Waals surface area (Å²) in [4.78, 5) is 40.5. The molecule has 1 aliphatic rings. The molecule has 0 aromatic heterocycles. The van der Waals surface area contributed by atoms with E-state index in [1.165, 1.54) is 0 Å². The lowest BCUT2D eigenvalue weighted by molar-refractivity contribution is -0.137. The van der Waals surface area contributed by atoms with Crippen LogP contribution in [0.4, 0.5) is 5.69 Å². The summed E-state index contributed by atoms with van der Waals surface area (Å²) in [5.41, 5.74) is 1.54. The highest BCUT2D eigenvalue weighted by molar-refractivity contribution is 9.11. The van der Waals surface area contributed by atoms with E-state index >= 15 is 0 Å². The number of aliphatic hydroxyl groups is 1. The van der Waals surface area contributed by atoms with E-state index in [0.29, 0.717) is 29.3 Å². The molecular formula is C22H23Br2N5O5. The molecule has 0 radical (unpaired) electrons. The molecule has 0 aliphatic carbocycles. The minimum Gasteiger partial charge on any atom is -0.481 e. The van der Waals surface area contributed by atoms with Crippen molar-refractivity contribution in [1.82, 2.24) is 16.0 Å². The lowest BCUT2D eigenvalue weighted by Crippen LogP contribution is -2.42. The molecule has 12 heteroatoms. The molecule has 0 saturated carbocycles. The second-order valence-corrected chi connectivity index (χ2v) is 9.36. The number of halogens is 2. The molecule has 34 heavy (non-hydrogen) atoms. The number of nitrogens with zero attached hydrogens (tertiary/aromatic N) is 1. The number of carboxylic acids is 1. The van der Waals surface area contributed by atoms with Gasteiger partial charge < -0.3 is 31.5 Å². The van der Waals surface area contributed by atoms with Crippen molar-refractivity contribution in [2.75, 3.05) is 25.0 Å². The van der Waals surface area contributed by atoms with Crippen LogP contribution in [0.25, 0.3) is 0 Å². The van der Waals surface area contributed by atoms with Gasteiger partial charge in [-0.05, 0) is 42.0 Å². The number of aliphatic hydroxyl groups excluding tert-OH is 1. The number of nitrogens with one attached hydrogen (secondary N) is 4. The number of rotatable bonds is 8. The van der Waals surface area contributed by atoms with Crippen LogP contribution in [-0.2, 0) is 9.59 Å². The van der Waals surface area contributed by atoms with E-state index < -0.39 is 29.9 Å². The van der Waals surface area contributed by atoms with Crippen molar-refractivity contribution in [2.45, 2.75) is 18.6 Å². The Labute approximate surface area is 212 Å². The Morgan fingerprint density at radius 2 is 1.88 bits per heavy atom. The number of carbonyl (C=O) groups is 3. The summed E-state index contributed by atoms with van der Waals surface area (Å²) in [6.45, 7) is 0.333. The molecule has 0 spiro atoms. The van der Waals surface area contributed by atoms with Crippen molar-refractivity contribution in [3.05, 3.63) is 62.5 Å². The Kier molecular flexibility index (Phi) is 9.02. The van der Waals surface area contributed by atoms with E-state index in [1.54, 1.807) is 42.5 Å². The van der Waals surface area contributed by atoms with Gasteiger partial charge in [0.2, 0.25) is 5.91 Å². The minimum absolute atomic E-state index is 0.282. The fourth-order valence-electron chi connectivity index (χ4n) is 3.20. The third kappa shape index (κ3) is 7.82. The van der Waals surface area contributed by atoms with Crippen LogP contribution in [0.1, 0.15) is 28.4 Å². The van der Waals surface area contributed by atoms with Gasteiger partial charge in [0, 0.05) is 26.7 Å². The Morgan fingerprint density at radius 1 is 1.15 bits per heavy atom. The number of aliphatic imine (C=N–C) groups is 1. The summed E-state index contributed by atoms with van der Waals surface area (Å²) in [7, 11) is 0. The monoisotopic (exact) mass is 595 g/mol. The van der Waals surface area contributed by atoms with Crippen LogP contribution in [-0.4, -0.2) is 59.7 Å². The SMILES string of the molecule is O=C(O)CC(NC(=O)CNC(=O)c1cccc(NC2=NCC(O)CN2)c1)c1cc(Br)cc(Br)c1. The number of anilines is 1. The summed E-state index contributed by atoms with van der Waals surface area (Å²) in [6.07, 6.45) is -0.848. The zero-order chi connectivity index (χ0) is 24.7. The lowest BCUT2D eigenvalue weighted by atomic mass is 10.0. The summed E-state index contributed by atoms with van der Waals surface area (Å²) in [5, 5.41) is 29.9. The number of β-amino-alcohol motifs (C(OH)–C–C–N with tert-alkyl or cyclic N) is 1. The first-order valence-electron chi connectivity index (χ1n) is 10.3. The maximum atomic E-state index is 12.6. The third-order valence-electron chi connectivity index (χ3n) is 4.76.